The van der Waals surface area contributed by atoms with Crippen LogP contribution >= 0.6 is 0 Å². The van der Waals surface area contributed by atoms with Crippen molar-refractivity contribution in [3.63, 3.8) is 0 Å². The van der Waals surface area contributed by atoms with Crippen molar-refractivity contribution in [3.8, 4) is 11.1 Å². The third-order valence-corrected chi connectivity index (χ3v) is 7.92. The van der Waals surface area contributed by atoms with E-state index in [2.05, 4.69) is 5.32 Å². The summed E-state index contributed by atoms with van der Waals surface area (Å²) in [6.07, 6.45) is -9.85. The van der Waals surface area contributed by atoms with Gasteiger partial charge in [0.25, 0.3) is 11.5 Å². The number of nitrogens with one attached hydrogen (secondary N) is 1. The molecule has 0 saturated carbocycles. The number of carboxylic acids is 1. The number of anilines is 1. The van der Waals surface area contributed by atoms with E-state index in [-0.39, 0.29) is 53.2 Å². The lowest BCUT2D eigenvalue weighted by Gasteiger charge is -2.38. The van der Waals surface area contributed by atoms with E-state index < -0.39 is 71.0 Å². The zero-order valence-corrected chi connectivity index (χ0v) is 25.1. The third-order valence-electron chi connectivity index (χ3n) is 7.92. The van der Waals surface area contributed by atoms with Gasteiger partial charge in [0.1, 0.15) is 17.9 Å². The number of aromatic nitrogens is 1. The summed E-state index contributed by atoms with van der Waals surface area (Å²) in [6, 6.07) is 3.15. The van der Waals surface area contributed by atoms with Gasteiger partial charge in [-0.05, 0) is 61.2 Å². The summed E-state index contributed by atoms with van der Waals surface area (Å²) < 4.78 is 103. The quantitative estimate of drug-likeness (QED) is 0.334. The summed E-state index contributed by atoms with van der Waals surface area (Å²) in [5.41, 5.74) is -2.68. The second kappa shape index (κ2) is 12.8. The summed E-state index contributed by atoms with van der Waals surface area (Å²) in [6.45, 7) is 3.26. The molecule has 2 N–H and O–H groups in total. The Hall–Kier alpha value is -4.40. The minimum atomic E-state index is -4.83. The Morgan fingerprint density at radius 1 is 1.04 bits per heavy atom. The van der Waals surface area contributed by atoms with Gasteiger partial charge in [0.15, 0.2) is 0 Å². The zero-order chi connectivity index (χ0) is 34.3. The number of benzene rings is 2. The highest BCUT2D eigenvalue weighted by molar-refractivity contribution is 5.98. The number of nitrogens with zero attached hydrogens (tertiary/aromatic N) is 2. The molecule has 8 nitrogen and oxygen atoms in total. The van der Waals surface area contributed by atoms with E-state index in [0.717, 1.165) is 21.6 Å². The molecule has 1 amide bonds. The van der Waals surface area contributed by atoms with E-state index in [9.17, 15) is 45.8 Å². The molecule has 2 aromatic carbocycles. The molecule has 2 heterocycles. The Balaban J connectivity index is 1.60. The lowest BCUT2D eigenvalue weighted by molar-refractivity contribution is -0.167. The largest absolute Gasteiger partial charge is 0.480 e. The van der Waals surface area contributed by atoms with Gasteiger partial charge in [-0.15, -0.1) is 0 Å². The zero-order valence-electron chi connectivity index (χ0n) is 25.1. The highest BCUT2D eigenvalue weighted by Gasteiger charge is 2.46. The average molecular weight is 658 g/mol. The number of carbonyl (C=O) groups excluding carboxylic acids is 1. The van der Waals surface area contributed by atoms with Gasteiger partial charge in [-0.2, -0.15) is 26.3 Å². The fraction of sp³-hybridized carbons (Fsp3) is 0.387. The van der Waals surface area contributed by atoms with E-state index in [1.54, 1.807) is 0 Å². The molecular formula is C31H30F7N3O5. The SMILES string of the molecule is Cc1cc(C[C@H](NC(=O)c2c(C)cc(N3CCOC[C@@H]3C(F)(F)F)cc2F)C(=O)O)ccc1-c1c(C(F)(F)F)cc(C)n(C)c1=O. The van der Waals surface area contributed by atoms with Crippen LogP contribution in [0.15, 0.2) is 41.2 Å². The molecule has 46 heavy (non-hydrogen) atoms. The van der Waals surface area contributed by atoms with Crippen molar-refractivity contribution >= 4 is 17.6 Å². The van der Waals surface area contributed by atoms with Gasteiger partial charge in [-0.25, -0.2) is 9.18 Å². The number of carboxylic acid groups (broad SMARTS) is 1. The van der Waals surface area contributed by atoms with E-state index in [4.69, 9.17) is 4.74 Å². The first kappa shape index (κ1) is 34.5. The van der Waals surface area contributed by atoms with Crippen LogP contribution in [0.4, 0.5) is 36.4 Å². The molecule has 2 atom stereocenters. The molecule has 0 unspecified atom stereocenters. The molecule has 15 heteroatoms. The summed E-state index contributed by atoms with van der Waals surface area (Å²) in [4.78, 5) is 39.0. The predicted molar refractivity (Wildman–Crippen MR) is 153 cm³/mol. The van der Waals surface area contributed by atoms with E-state index >= 15 is 4.39 Å². The molecule has 1 saturated heterocycles. The normalized spacial score (nSPS) is 16.3. The molecule has 248 valence electrons. The minimum Gasteiger partial charge on any atom is -0.480 e. The number of hydrogen-bond acceptors (Lipinski definition) is 5. The molecular weight excluding hydrogens is 627 g/mol. The van der Waals surface area contributed by atoms with Gasteiger partial charge < -0.3 is 24.6 Å². The number of rotatable bonds is 7. The maximum atomic E-state index is 15.2. The van der Waals surface area contributed by atoms with Crippen molar-refractivity contribution in [1.29, 1.82) is 0 Å². The minimum absolute atomic E-state index is 0.0154. The predicted octanol–water partition coefficient (Wildman–Crippen LogP) is 5.33. The van der Waals surface area contributed by atoms with Crippen molar-refractivity contribution in [2.45, 2.75) is 51.6 Å². The molecule has 1 aliphatic rings. The monoisotopic (exact) mass is 657 g/mol. The van der Waals surface area contributed by atoms with Gasteiger partial charge >= 0.3 is 18.3 Å². The number of alkyl halides is 6. The van der Waals surface area contributed by atoms with Crippen molar-refractivity contribution in [2.24, 2.45) is 7.05 Å². The van der Waals surface area contributed by atoms with Crippen molar-refractivity contribution < 1.29 is 50.2 Å². The fourth-order valence-corrected chi connectivity index (χ4v) is 5.47. The van der Waals surface area contributed by atoms with Crippen molar-refractivity contribution in [2.75, 3.05) is 24.7 Å². The van der Waals surface area contributed by atoms with Crippen LogP contribution in [0.1, 0.15) is 38.3 Å². The van der Waals surface area contributed by atoms with Crippen molar-refractivity contribution in [1.82, 2.24) is 9.88 Å². The number of ether oxygens (including phenoxy) is 1. The highest BCUT2D eigenvalue weighted by atomic mass is 19.4. The van der Waals surface area contributed by atoms with Gasteiger partial charge in [0, 0.05) is 31.4 Å². The molecule has 4 rings (SSSR count). The molecule has 1 aromatic heterocycles. The molecule has 1 aliphatic heterocycles. The standard InChI is InChI=1S/C31H30F7N3O5/c1-15-9-18(5-6-20(15)26-21(30(33,34)35)11-17(3)40(4)28(26)43)12-23(29(44)45)39-27(42)25-16(2)10-19(13-22(25)32)41-7-8-46-14-24(41)31(36,37)38/h5-6,9-11,13,23-24H,7-8,12,14H2,1-4H3,(H,39,42)(H,44,45)/t23-,24+/m0/s1. The van der Waals surface area contributed by atoms with Crippen LogP contribution in [0.5, 0.6) is 0 Å². The second-order valence-electron chi connectivity index (χ2n) is 11.1. The van der Waals surface area contributed by atoms with Crippen LogP contribution in [-0.4, -0.2) is 59.6 Å². The Bertz CT molecular complexity index is 1710. The van der Waals surface area contributed by atoms with Crippen LogP contribution in [0.3, 0.4) is 0 Å². The maximum absolute atomic E-state index is 15.2. The molecule has 1 fully saturated rings. The molecule has 3 aromatic rings. The van der Waals surface area contributed by atoms with Gasteiger partial charge in [-0.1, -0.05) is 18.2 Å². The first-order valence-electron chi connectivity index (χ1n) is 13.9. The third kappa shape index (κ3) is 7.03. The van der Waals surface area contributed by atoms with Gasteiger partial charge in [0.2, 0.25) is 0 Å². The number of hydrogen-bond donors (Lipinski definition) is 2. The van der Waals surface area contributed by atoms with Gasteiger partial charge in [-0.3, -0.25) is 9.59 Å². The first-order valence-corrected chi connectivity index (χ1v) is 13.9. The number of aliphatic carboxylic acids is 1. The summed E-state index contributed by atoms with van der Waals surface area (Å²) in [5, 5.41) is 12.0. The van der Waals surface area contributed by atoms with Crippen LogP contribution < -0.4 is 15.8 Å². The van der Waals surface area contributed by atoms with E-state index in [1.807, 2.05) is 0 Å². The Morgan fingerprint density at radius 2 is 1.72 bits per heavy atom. The van der Waals surface area contributed by atoms with Crippen LogP contribution in [0.25, 0.3) is 11.1 Å². The number of aryl methyl sites for hydroxylation is 3. The Morgan fingerprint density at radius 3 is 2.28 bits per heavy atom. The summed E-state index contributed by atoms with van der Waals surface area (Å²) in [5.74, 6) is -3.79. The summed E-state index contributed by atoms with van der Waals surface area (Å²) in [7, 11) is 1.34. The Kier molecular flexibility index (Phi) is 9.57. The Labute approximate surface area is 258 Å². The smallest absolute Gasteiger partial charge is 0.417 e. The molecule has 0 aliphatic carbocycles. The number of halogens is 7. The topological polar surface area (TPSA) is 101 Å². The van der Waals surface area contributed by atoms with Gasteiger partial charge in [0.05, 0.1) is 29.9 Å². The fourth-order valence-electron chi connectivity index (χ4n) is 5.47. The van der Waals surface area contributed by atoms with E-state index in [1.165, 1.54) is 52.1 Å². The number of pyridine rings is 1. The van der Waals surface area contributed by atoms with Crippen LogP contribution in [0, 0.1) is 26.6 Å². The number of amides is 1. The number of morpholine rings is 1. The highest BCUT2D eigenvalue weighted by Crippen LogP contribution is 2.37. The summed E-state index contributed by atoms with van der Waals surface area (Å²) >= 11 is 0. The molecule has 0 radical (unpaired) electrons. The number of carbonyl (C=O) groups is 2. The van der Waals surface area contributed by atoms with Crippen molar-refractivity contribution in [3.05, 3.63) is 86.1 Å². The maximum Gasteiger partial charge on any atom is 0.417 e. The average Bonchev–Trinajstić information content (AvgIpc) is 2.94. The van der Waals surface area contributed by atoms with E-state index in [0.29, 0.717) is 0 Å². The first-order chi connectivity index (χ1) is 21.3. The van der Waals surface area contributed by atoms with Crippen LogP contribution in [-0.2, 0) is 29.2 Å². The van der Waals surface area contributed by atoms with Crippen LogP contribution in [0.2, 0.25) is 0 Å². The second-order valence-corrected chi connectivity index (χ2v) is 11.1. The molecule has 0 bridgehead atoms. The lowest BCUT2D eigenvalue weighted by atomic mass is 9.93. The lowest BCUT2D eigenvalue weighted by Crippen LogP contribution is -2.53. The molecule has 0 spiro atoms.